The van der Waals surface area contributed by atoms with Gasteiger partial charge in [0.25, 0.3) is 0 Å². The third-order valence-electron chi connectivity index (χ3n) is 5.21. The second-order valence-corrected chi connectivity index (χ2v) is 7.82. The third-order valence-corrected chi connectivity index (χ3v) is 5.74. The number of ether oxygens (including phenoxy) is 1. The fourth-order valence-electron chi connectivity index (χ4n) is 3.80. The number of pyridine rings is 2. The molecule has 0 spiro atoms. The van der Waals surface area contributed by atoms with Crippen molar-refractivity contribution < 1.29 is 14.3 Å². The molecule has 5 aromatic rings. The summed E-state index contributed by atoms with van der Waals surface area (Å²) in [6, 6.07) is 20.4. The predicted molar refractivity (Wildman–Crippen MR) is 119 cm³/mol. The number of ketones is 1. The molecule has 6 heteroatoms. The van der Waals surface area contributed by atoms with E-state index in [-0.39, 0.29) is 5.78 Å². The number of halogens is 1. The monoisotopic (exact) mass is 458 g/mol. The van der Waals surface area contributed by atoms with Gasteiger partial charge in [0.2, 0.25) is 5.78 Å². The first-order valence-corrected chi connectivity index (χ1v) is 10.1. The Morgan fingerprint density at radius 2 is 1.70 bits per heavy atom. The molecule has 146 valence electrons. The Hall–Kier alpha value is -3.51. The van der Waals surface area contributed by atoms with Crippen LogP contribution in [0.1, 0.15) is 26.4 Å². The van der Waals surface area contributed by atoms with Crippen molar-refractivity contribution in [3.63, 3.8) is 0 Å². The first kappa shape index (κ1) is 18.5. The third kappa shape index (κ3) is 2.80. The van der Waals surface area contributed by atoms with Crippen LogP contribution in [0.15, 0.2) is 77.4 Å². The Balaban J connectivity index is 1.92. The zero-order chi connectivity index (χ0) is 20.8. The molecule has 0 saturated heterocycles. The molecule has 0 aliphatic carbocycles. The van der Waals surface area contributed by atoms with E-state index in [0.29, 0.717) is 22.3 Å². The van der Waals surface area contributed by atoms with Crippen molar-refractivity contribution in [2.75, 3.05) is 7.11 Å². The van der Waals surface area contributed by atoms with Gasteiger partial charge in [0, 0.05) is 27.0 Å². The normalized spacial score (nSPS) is 11.3. The lowest BCUT2D eigenvalue weighted by molar-refractivity contribution is 0.0603. The van der Waals surface area contributed by atoms with Gasteiger partial charge in [-0.25, -0.2) is 4.79 Å². The van der Waals surface area contributed by atoms with Crippen molar-refractivity contribution in [2.45, 2.75) is 0 Å². The van der Waals surface area contributed by atoms with E-state index in [1.807, 2.05) is 52.9 Å². The Morgan fingerprint density at radius 1 is 0.967 bits per heavy atom. The van der Waals surface area contributed by atoms with Crippen molar-refractivity contribution in [1.82, 2.24) is 9.38 Å². The van der Waals surface area contributed by atoms with Crippen LogP contribution in [0.2, 0.25) is 0 Å². The Morgan fingerprint density at radius 3 is 2.47 bits per heavy atom. The van der Waals surface area contributed by atoms with Gasteiger partial charge in [0.15, 0.2) is 0 Å². The molecule has 3 aromatic heterocycles. The summed E-state index contributed by atoms with van der Waals surface area (Å²) in [4.78, 5) is 30.5. The number of carbonyl (C=O) groups is 2. The van der Waals surface area contributed by atoms with E-state index in [1.165, 1.54) is 7.11 Å². The zero-order valence-electron chi connectivity index (χ0n) is 15.9. The number of hydrogen-bond donors (Lipinski definition) is 0. The van der Waals surface area contributed by atoms with E-state index in [4.69, 9.17) is 4.74 Å². The summed E-state index contributed by atoms with van der Waals surface area (Å²) < 4.78 is 7.68. The highest BCUT2D eigenvalue weighted by Gasteiger charge is 2.23. The van der Waals surface area contributed by atoms with Crippen LogP contribution in [0.4, 0.5) is 0 Å². The average molecular weight is 459 g/mol. The SMILES string of the molecule is COC(=O)c1cc(C(=O)c2ccc(Br)cc2)n2c1ccc1ccc3cccnc3c12. The summed E-state index contributed by atoms with van der Waals surface area (Å²) in [5, 5.41) is 1.87. The number of fused-ring (bicyclic) bond motifs is 5. The van der Waals surface area contributed by atoms with E-state index < -0.39 is 5.97 Å². The standard InChI is InChI=1S/C24H15BrN2O3/c1-30-24(29)18-13-20(23(28)16-6-9-17(25)10-7-16)27-19(18)11-8-15-5-4-14-3-2-12-26-21(14)22(15)27/h2-13H,1H3. The van der Waals surface area contributed by atoms with E-state index in [0.717, 1.165) is 26.3 Å². The molecule has 0 amide bonds. The minimum absolute atomic E-state index is 0.187. The first-order valence-electron chi connectivity index (χ1n) is 9.29. The van der Waals surface area contributed by atoms with Crippen LogP contribution in [-0.2, 0) is 4.74 Å². The van der Waals surface area contributed by atoms with E-state index in [2.05, 4.69) is 20.9 Å². The highest BCUT2D eigenvalue weighted by Crippen LogP contribution is 2.30. The molecule has 0 bridgehead atoms. The fourth-order valence-corrected chi connectivity index (χ4v) is 4.07. The topological polar surface area (TPSA) is 60.7 Å². The number of hydrogen-bond acceptors (Lipinski definition) is 4. The number of rotatable bonds is 3. The lowest BCUT2D eigenvalue weighted by atomic mass is 10.1. The molecule has 0 unspecified atom stereocenters. The molecular formula is C24H15BrN2O3. The second kappa shape index (κ2) is 7.07. The maximum atomic E-state index is 13.5. The number of methoxy groups -OCH3 is 1. The van der Waals surface area contributed by atoms with Crippen molar-refractivity contribution >= 4 is 55.0 Å². The summed E-state index contributed by atoms with van der Waals surface area (Å²) in [5.74, 6) is -0.678. The number of benzene rings is 2. The van der Waals surface area contributed by atoms with Crippen molar-refractivity contribution in [3.8, 4) is 0 Å². The summed E-state index contributed by atoms with van der Waals surface area (Å²) >= 11 is 3.40. The number of nitrogens with zero attached hydrogens (tertiary/aromatic N) is 2. The van der Waals surface area contributed by atoms with Crippen molar-refractivity contribution in [1.29, 1.82) is 0 Å². The van der Waals surface area contributed by atoms with Crippen LogP contribution in [0, 0.1) is 0 Å². The molecule has 0 radical (unpaired) electrons. The minimum Gasteiger partial charge on any atom is -0.465 e. The molecule has 0 saturated carbocycles. The summed E-state index contributed by atoms with van der Waals surface area (Å²) in [6.45, 7) is 0. The van der Waals surface area contributed by atoms with E-state index in [1.54, 1.807) is 24.4 Å². The van der Waals surface area contributed by atoms with Gasteiger partial charge in [-0.15, -0.1) is 0 Å². The molecule has 0 N–H and O–H groups in total. The van der Waals surface area contributed by atoms with Crippen molar-refractivity contribution in [3.05, 3.63) is 94.2 Å². The van der Waals surface area contributed by atoms with Gasteiger partial charge in [-0.3, -0.25) is 9.78 Å². The number of esters is 1. The lowest BCUT2D eigenvalue weighted by Gasteiger charge is -2.10. The fraction of sp³-hybridized carbons (Fsp3) is 0.0417. The number of aromatic nitrogens is 2. The second-order valence-electron chi connectivity index (χ2n) is 6.90. The molecule has 0 atom stereocenters. The average Bonchev–Trinajstić information content (AvgIpc) is 3.18. The Labute approximate surface area is 180 Å². The molecule has 0 fully saturated rings. The summed E-state index contributed by atoms with van der Waals surface area (Å²) in [6.07, 6.45) is 1.72. The first-order chi connectivity index (χ1) is 14.6. The van der Waals surface area contributed by atoms with Gasteiger partial charge in [0.05, 0.1) is 34.9 Å². The van der Waals surface area contributed by atoms with Gasteiger partial charge in [-0.1, -0.05) is 40.2 Å². The molecule has 2 aromatic carbocycles. The van der Waals surface area contributed by atoms with Crippen LogP contribution < -0.4 is 0 Å². The van der Waals surface area contributed by atoms with Gasteiger partial charge in [-0.2, -0.15) is 0 Å². The Kier molecular flexibility index (Phi) is 4.37. The Bertz CT molecular complexity index is 1470. The minimum atomic E-state index is -0.491. The van der Waals surface area contributed by atoms with Crippen LogP contribution in [0.5, 0.6) is 0 Å². The van der Waals surface area contributed by atoms with Crippen LogP contribution in [0.25, 0.3) is 27.3 Å². The largest absolute Gasteiger partial charge is 0.465 e. The highest BCUT2D eigenvalue weighted by atomic mass is 79.9. The number of carbonyl (C=O) groups excluding carboxylic acids is 2. The highest BCUT2D eigenvalue weighted by molar-refractivity contribution is 9.10. The summed E-state index contributed by atoms with van der Waals surface area (Å²) in [5.41, 5.74) is 3.40. The quantitative estimate of drug-likeness (QED) is 0.205. The van der Waals surface area contributed by atoms with Gasteiger partial charge in [0.1, 0.15) is 0 Å². The van der Waals surface area contributed by atoms with Crippen LogP contribution >= 0.6 is 15.9 Å². The molecule has 0 aliphatic rings. The molecule has 0 aliphatic heterocycles. The predicted octanol–water partition coefficient (Wildman–Crippen LogP) is 5.42. The van der Waals surface area contributed by atoms with E-state index in [9.17, 15) is 9.59 Å². The maximum Gasteiger partial charge on any atom is 0.340 e. The van der Waals surface area contributed by atoms with Gasteiger partial charge < -0.3 is 9.14 Å². The maximum absolute atomic E-state index is 13.5. The molecule has 5 rings (SSSR count). The van der Waals surface area contributed by atoms with Crippen LogP contribution in [0.3, 0.4) is 0 Å². The summed E-state index contributed by atoms with van der Waals surface area (Å²) in [7, 11) is 1.33. The lowest BCUT2D eigenvalue weighted by Crippen LogP contribution is -2.06. The molecule has 30 heavy (non-hydrogen) atoms. The van der Waals surface area contributed by atoms with Crippen LogP contribution in [-0.4, -0.2) is 28.2 Å². The molecular weight excluding hydrogens is 444 g/mol. The van der Waals surface area contributed by atoms with Crippen molar-refractivity contribution in [2.24, 2.45) is 0 Å². The van der Waals surface area contributed by atoms with E-state index >= 15 is 0 Å². The molecule has 5 nitrogen and oxygen atoms in total. The zero-order valence-corrected chi connectivity index (χ0v) is 17.5. The van der Waals surface area contributed by atoms with Gasteiger partial charge >= 0.3 is 5.97 Å². The van der Waals surface area contributed by atoms with Gasteiger partial charge in [-0.05, 0) is 42.5 Å². The molecule has 3 heterocycles. The smallest absolute Gasteiger partial charge is 0.340 e.